The summed E-state index contributed by atoms with van der Waals surface area (Å²) in [5.41, 5.74) is 2.69. The van der Waals surface area contributed by atoms with Gasteiger partial charge in [0, 0.05) is 13.0 Å². The van der Waals surface area contributed by atoms with Crippen LogP contribution in [0.4, 0.5) is 4.39 Å². The van der Waals surface area contributed by atoms with Crippen molar-refractivity contribution in [3.8, 4) is 6.07 Å². The van der Waals surface area contributed by atoms with E-state index < -0.39 is 0 Å². The van der Waals surface area contributed by atoms with E-state index in [0.717, 1.165) is 49.9 Å². The fourth-order valence-corrected chi connectivity index (χ4v) is 4.93. The Morgan fingerprint density at radius 3 is 2.57 bits per heavy atom. The summed E-state index contributed by atoms with van der Waals surface area (Å²) in [6.45, 7) is 2.81. The topological polar surface area (TPSA) is 27.0 Å². The van der Waals surface area contributed by atoms with Gasteiger partial charge in [0.25, 0.3) is 0 Å². The van der Waals surface area contributed by atoms with Crippen LogP contribution in [0.2, 0.25) is 0 Å². The molecule has 2 nitrogen and oxygen atoms in total. The van der Waals surface area contributed by atoms with E-state index >= 15 is 0 Å². The third kappa shape index (κ3) is 4.62. The maximum atomic E-state index is 13.4. The maximum Gasteiger partial charge on any atom is 0.123 e. The number of hydrogen-bond donors (Lipinski definition) is 0. The van der Waals surface area contributed by atoms with Gasteiger partial charge in [0.05, 0.1) is 6.07 Å². The van der Waals surface area contributed by atoms with E-state index in [9.17, 15) is 9.65 Å². The summed E-state index contributed by atoms with van der Waals surface area (Å²) in [5, 5.41) is 9.42. The van der Waals surface area contributed by atoms with Gasteiger partial charge in [0.2, 0.25) is 0 Å². The van der Waals surface area contributed by atoms with Crippen LogP contribution in [-0.4, -0.2) is 18.0 Å². The fraction of sp³-hybridized carbons (Fsp3) is 0.480. The van der Waals surface area contributed by atoms with Crippen molar-refractivity contribution >= 4 is 0 Å². The molecule has 1 aliphatic heterocycles. The van der Waals surface area contributed by atoms with Crippen LogP contribution in [0.1, 0.15) is 55.6 Å². The van der Waals surface area contributed by atoms with Crippen LogP contribution in [0.3, 0.4) is 0 Å². The molecule has 2 fully saturated rings. The molecular weight excluding hydrogens is 347 g/mol. The molecule has 2 atom stereocenters. The number of rotatable bonds is 7. The third-order valence-electron chi connectivity index (χ3n) is 6.86. The molecule has 1 heterocycles. The summed E-state index contributed by atoms with van der Waals surface area (Å²) in [4.78, 5) is 2.41. The lowest BCUT2D eigenvalue weighted by molar-refractivity contribution is 0.0902. The van der Waals surface area contributed by atoms with Crippen LogP contribution in [-0.2, 0) is 6.54 Å². The van der Waals surface area contributed by atoms with Crippen LogP contribution in [0, 0.1) is 28.5 Å². The number of nitriles is 1. The molecule has 0 radical (unpaired) electrons. The van der Waals surface area contributed by atoms with Gasteiger partial charge >= 0.3 is 0 Å². The van der Waals surface area contributed by atoms with Crippen LogP contribution in [0.15, 0.2) is 54.6 Å². The number of halogens is 1. The Morgan fingerprint density at radius 2 is 1.86 bits per heavy atom. The monoisotopic (exact) mass is 376 g/mol. The summed E-state index contributed by atoms with van der Waals surface area (Å²) in [6.07, 6.45) is 6.55. The molecule has 28 heavy (non-hydrogen) atoms. The smallest absolute Gasteiger partial charge is 0.123 e. The Labute approximate surface area is 168 Å². The van der Waals surface area contributed by atoms with Crippen molar-refractivity contribution in [1.29, 1.82) is 5.26 Å². The molecule has 2 aliphatic rings. The predicted octanol–water partition coefficient (Wildman–Crippen LogP) is 5.91. The SMILES string of the molecule is N#CCC1(CCC2CC2c2ccccc2)CCN(Cc2cccc(F)c2)CC1. The number of nitrogens with zero attached hydrogens (tertiary/aromatic N) is 2. The van der Waals surface area contributed by atoms with Gasteiger partial charge in [-0.25, -0.2) is 4.39 Å². The molecule has 0 amide bonds. The van der Waals surface area contributed by atoms with Gasteiger partial charge in [-0.15, -0.1) is 0 Å². The van der Waals surface area contributed by atoms with Gasteiger partial charge in [0.1, 0.15) is 5.82 Å². The van der Waals surface area contributed by atoms with Gasteiger partial charge in [-0.2, -0.15) is 5.26 Å². The van der Waals surface area contributed by atoms with Crippen LogP contribution in [0.25, 0.3) is 0 Å². The summed E-state index contributed by atoms with van der Waals surface area (Å²) < 4.78 is 13.4. The first-order valence-corrected chi connectivity index (χ1v) is 10.6. The Morgan fingerprint density at radius 1 is 1.07 bits per heavy atom. The van der Waals surface area contributed by atoms with E-state index in [1.165, 1.54) is 30.9 Å². The molecule has 2 aromatic rings. The molecule has 4 rings (SSSR count). The molecule has 146 valence electrons. The van der Waals surface area contributed by atoms with Crippen LogP contribution >= 0.6 is 0 Å². The van der Waals surface area contributed by atoms with E-state index in [1.54, 1.807) is 12.1 Å². The molecule has 0 spiro atoms. The number of likely N-dealkylation sites (tertiary alicyclic amines) is 1. The number of hydrogen-bond acceptors (Lipinski definition) is 2. The average Bonchev–Trinajstić information content (AvgIpc) is 3.49. The van der Waals surface area contributed by atoms with E-state index in [0.29, 0.717) is 6.42 Å². The number of piperidine rings is 1. The molecule has 2 unspecified atom stereocenters. The Hall–Kier alpha value is -2.18. The average molecular weight is 377 g/mol. The summed E-state index contributed by atoms with van der Waals surface area (Å²) in [7, 11) is 0. The van der Waals surface area contributed by atoms with Gasteiger partial charge < -0.3 is 0 Å². The molecular formula is C25H29FN2. The first-order valence-electron chi connectivity index (χ1n) is 10.6. The standard InChI is InChI=1S/C25H29FN2/c26-23-8-4-5-20(17-23)19-28-15-12-25(11-14-27,13-16-28)10-9-22-18-24(22)21-6-2-1-3-7-21/h1-8,17,22,24H,9-13,15-16,18-19H2. The van der Waals surface area contributed by atoms with Crippen molar-refractivity contribution in [1.82, 2.24) is 4.90 Å². The highest BCUT2D eigenvalue weighted by Crippen LogP contribution is 2.52. The first-order chi connectivity index (χ1) is 13.7. The van der Waals surface area contributed by atoms with Crippen molar-refractivity contribution in [3.63, 3.8) is 0 Å². The highest BCUT2D eigenvalue weighted by molar-refractivity contribution is 5.25. The molecule has 2 aromatic carbocycles. The minimum absolute atomic E-state index is 0.161. The van der Waals surface area contributed by atoms with E-state index in [1.807, 2.05) is 6.07 Å². The lowest BCUT2D eigenvalue weighted by atomic mass is 9.72. The summed E-state index contributed by atoms with van der Waals surface area (Å²) in [6, 6.07) is 20.2. The van der Waals surface area contributed by atoms with Gasteiger partial charge in [-0.3, -0.25) is 4.90 Å². The van der Waals surface area contributed by atoms with Crippen molar-refractivity contribution in [2.45, 2.75) is 51.0 Å². The van der Waals surface area contributed by atoms with Crippen molar-refractivity contribution in [3.05, 3.63) is 71.5 Å². The van der Waals surface area contributed by atoms with Crippen molar-refractivity contribution in [2.75, 3.05) is 13.1 Å². The second-order valence-corrected chi connectivity index (χ2v) is 8.79. The molecule has 0 bridgehead atoms. The molecule has 1 saturated carbocycles. The first kappa shape index (κ1) is 19.2. The zero-order valence-corrected chi connectivity index (χ0v) is 16.5. The minimum Gasteiger partial charge on any atom is -0.299 e. The molecule has 1 aliphatic carbocycles. The largest absolute Gasteiger partial charge is 0.299 e. The Kier molecular flexibility index (Phi) is 5.78. The van der Waals surface area contributed by atoms with E-state index in [-0.39, 0.29) is 11.2 Å². The highest BCUT2D eigenvalue weighted by atomic mass is 19.1. The third-order valence-corrected chi connectivity index (χ3v) is 6.86. The molecule has 0 aromatic heterocycles. The normalized spacial score (nSPS) is 23.9. The second kappa shape index (κ2) is 8.45. The Bertz CT molecular complexity index is 818. The minimum atomic E-state index is -0.161. The van der Waals surface area contributed by atoms with Crippen LogP contribution in [0.5, 0.6) is 0 Å². The lowest BCUT2D eigenvalue weighted by Crippen LogP contribution is -2.39. The van der Waals surface area contributed by atoms with E-state index in [4.69, 9.17) is 0 Å². The van der Waals surface area contributed by atoms with Gasteiger partial charge in [-0.1, -0.05) is 42.5 Å². The zero-order valence-electron chi connectivity index (χ0n) is 16.5. The summed E-state index contributed by atoms with van der Waals surface area (Å²) >= 11 is 0. The second-order valence-electron chi connectivity index (χ2n) is 8.79. The van der Waals surface area contributed by atoms with Gasteiger partial charge in [-0.05, 0) is 85.7 Å². The molecule has 0 N–H and O–H groups in total. The highest BCUT2D eigenvalue weighted by Gasteiger charge is 2.41. The van der Waals surface area contributed by atoms with Crippen molar-refractivity contribution in [2.24, 2.45) is 11.3 Å². The number of benzene rings is 2. The predicted molar refractivity (Wildman–Crippen MR) is 110 cm³/mol. The van der Waals surface area contributed by atoms with Crippen molar-refractivity contribution < 1.29 is 4.39 Å². The van der Waals surface area contributed by atoms with Crippen LogP contribution < -0.4 is 0 Å². The van der Waals surface area contributed by atoms with E-state index in [2.05, 4.69) is 41.3 Å². The molecule has 3 heteroatoms. The molecule has 1 saturated heterocycles. The maximum absolute atomic E-state index is 13.4. The lowest BCUT2D eigenvalue weighted by Gasteiger charge is -2.41. The quantitative estimate of drug-likeness (QED) is 0.601. The summed E-state index contributed by atoms with van der Waals surface area (Å²) in [5.74, 6) is 1.36. The Balaban J connectivity index is 1.29. The van der Waals surface area contributed by atoms with Gasteiger partial charge in [0.15, 0.2) is 0 Å². The fourth-order valence-electron chi connectivity index (χ4n) is 4.93. The zero-order chi connectivity index (χ0) is 19.4.